The Bertz CT molecular complexity index is 607. The van der Waals surface area contributed by atoms with Gasteiger partial charge in [0.15, 0.2) is 0 Å². The van der Waals surface area contributed by atoms with Gasteiger partial charge >= 0.3 is 6.03 Å². The van der Waals surface area contributed by atoms with Crippen molar-refractivity contribution in [2.24, 2.45) is 5.41 Å². The van der Waals surface area contributed by atoms with Crippen LogP contribution in [-0.4, -0.2) is 52.9 Å². The highest BCUT2D eigenvalue weighted by molar-refractivity contribution is 5.77. The van der Waals surface area contributed by atoms with E-state index in [2.05, 4.69) is 17.2 Å². The Balaban J connectivity index is 1.66. The van der Waals surface area contributed by atoms with Crippen LogP contribution in [0, 0.1) is 5.41 Å². The highest BCUT2D eigenvalue weighted by atomic mass is 16.2. The zero-order valence-electron chi connectivity index (χ0n) is 15.0. The number of carbonyl (C=O) groups excluding carboxylic acids is 2. The van der Waals surface area contributed by atoms with Gasteiger partial charge in [0.05, 0.1) is 0 Å². The van der Waals surface area contributed by atoms with E-state index in [4.69, 9.17) is 0 Å². The van der Waals surface area contributed by atoms with Crippen molar-refractivity contribution in [3.63, 3.8) is 0 Å². The normalized spacial score (nSPS) is 23.8. The smallest absolute Gasteiger partial charge is 0.317 e. The molecule has 3 rings (SSSR count). The van der Waals surface area contributed by atoms with Crippen molar-refractivity contribution >= 4 is 11.9 Å². The van der Waals surface area contributed by atoms with Crippen molar-refractivity contribution in [2.75, 3.05) is 26.2 Å². The molecule has 136 valence electrons. The van der Waals surface area contributed by atoms with Crippen molar-refractivity contribution in [3.8, 4) is 0 Å². The molecule has 1 spiro atoms. The Morgan fingerprint density at radius 2 is 2.08 bits per heavy atom. The topological polar surface area (TPSA) is 65.5 Å². The van der Waals surface area contributed by atoms with Gasteiger partial charge in [0, 0.05) is 57.0 Å². The van der Waals surface area contributed by atoms with Gasteiger partial charge in [0.2, 0.25) is 5.91 Å². The minimum absolute atomic E-state index is 0.0403. The predicted molar refractivity (Wildman–Crippen MR) is 95.8 cm³/mol. The average Bonchev–Trinajstić information content (AvgIpc) is 2.64. The molecule has 6 nitrogen and oxygen atoms in total. The van der Waals surface area contributed by atoms with Crippen molar-refractivity contribution in [3.05, 3.63) is 30.1 Å². The van der Waals surface area contributed by atoms with Gasteiger partial charge in [-0.05, 0) is 43.4 Å². The fourth-order valence-electron chi connectivity index (χ4n) is 4.01. The third-order valence-corrected chi connectivity index (χ3v) is 5.35. The number of piperidine rings is 2. The van der Waals surface area contributed by atoms with E-state index < -0.39 is 0 Å². The molecule has 2 fully saturated rings. The van der Waals surface area contributed by atoms with Gasteiger partial charge in [0.1, 0.15) is 0 Å². The lowest BCUT2D eigenvalue weighted by Gasteiger charge is -2.48. The highest BCUT2D eigenvalue weighted by Crippen LogP contribution is 2.39. The zero-order chi connectivity index (χ0) is 17.7. The van der Waals surface area contributed by atoms with Gasteiger partial charge in [-0.1, -0.05) is 6.92 Å². The summed E-state index contributed by atoms with van der Waals surface area (Å²) in [6, 6.07) is 3.96. The van der Waals surface area contributed by atoms with E-state index in [1.54, 1.807) is 12.4 Å². The molecule has 0 radical (unpaired) electrons. The number of hydrogen-bond acceptors (Lipinski definition) is 3. The maximum Gasteiger partial charge on any atom is 0.317 e. The molecule has 25 heavy (non-hydrogen) atoms. The zero-order valence-corrected chi connectivity index (χ0v) is 15.0. The quantitative estimate of drug-likeness (QED) is 0.912. The lowest BCUT2D eigenvalue weighted by atomic mass is 9.73. The van der Waals surface area contributed by atoms with Crippen LogP contribution < -0.4 is 5.32 Å². The first-order valence-electron chi connectivity index (χ1n) is 9.31. The number of pyridine rings is 1. The maximum atomic E-state index is 12.4. The molecule has 3 amide bonds. The Morgan fingerprint density at radius 3 is 2.84 bits per heavy atom. The van der Waals surface area contributed by atoms with Crippen LogP contribution in [0.15, 0.2) is 24.5 Å². The number of nitrogens with one attached hydrogen (secondary N) is 1. The molecule has 0 aliphatic carbocycles. The van der Waals surface area contributed by atoms with E-state index in [1.807, 2.05) is 21.9 Å². The number of carbonyl (C=O) groups is 2. The Kier molecular flexibility index (Phi) is 5.56. The van der Waals surface area contributed by atoms with Crippen LogP contribution in [0.25, 0.3) is 0 Å². The third kappa shape index (κ3) is 4.30. The lowest BCUT2D eigenvalue weighted by molar-refractivity contribution is -0.139. The minimum Gasteiger partial charge on any atom is -0.338 e. The molecular weight excluding hydrogens is 316 g/mol. The number of urea groups is 1. The molecule has 2 saturated heterocycles. The van der Waals surface area contributed by atoms with Crippen molar-refractivity contribution in [1.82, 2.24) is 20.1 Å². The van der Waals surface area contributed by atoms with Crippen LogP contribution in [0.2, 0.25) is 0 Å². The van der Waals surface area contributed by atoms with Gasteiger partial charge < -0.3 is 15.1 Å². The van der Waals surface area contributed by atoms with Gasteiger partial charge in [-0.3, -0.25) is 9.78 Å². The Hall–Kier alpha value is -2.11. The summed E-state index contributed by atoms with van der Waals surface area (Å²) >= 11 is 0. The number of nitrogens with zero attached hydrogens (tertiary/aromatic N) is 3. The van der Waals surface area contributed by atoms with E-state index in [1.165, 1.54) is 0 Å². The number of hydrogen-bond donors (Lipinski definition) is 1. The summed E-state index contributed by atoms with van der Waals surface area (Å²) in [7, 11) is 0. The van der Waals surface area contributed by atoms with Gasteiger partial charge in [-0.2, -0.15) is 0 Å². The standard InChI is InChI=1S/C19H28N4O2/c1-2-9-21-18(25)22-12-3-7-19(14-22)8-4-17(24)23(15-19)13-16-5-10-20-11-6-16/h5-6,10-11H,2-4,7-9,12-15H2,1H3,(H,21,25)/t19-/m0/s1. The Morgan fingerprint density at radius 1 is 1.28 bits per heavy atom. The van der Waals surface area contributed by atoms with Crippen LogP contribution in [0.3, 0.4) is 0 Å². The third-order valence-electron chi connectivity index (χ3n) is 5.35. The average molecular weight is 344 g/mol. The van der Waals surface area contributed by atoms with Crippen molar-refractivity contribution in [2.45, 2.75) is 45.6 Å². The van der Waals surface area contributed by atoms with Crippen LogP contribution in [0.1, 0.15) is 44.6 Å². The molecule has 0 bridgehead atoms. The van der Waals surface area contributed by atoms with Crippen LogP contribution in [0.4, 0.5) is 4.79 Å². The van der Waals surface area contributed by atoms with Gasteiger partial charge in [-0.15, -0.1) is 0 Å². The lowest BCUT2D eigenvalue weighted by Crippen LogP contribution is -2.56. The number of amides is 3. The van der Waals surface area contributed by atoms with E-state index >= 15 is 0 Å². The van der Waals surface area contributed by atoms with Gasteiger partial charge in [-0.25, -0.2) is 4.79 Å². The SMILES string of the molecule is CCCNC(=O)N1CCC[C@]2(CCC(=O)N(Cc3ccncc3)C2)C1. The van der Waals surface area contributed by atoms with E-state index in [0.29, 0.717) is 13.0 Å². The highest BCUT2D eigenvalue weighted by Gasteiger charge is 2.42. The summed E-state index contributed by atoms with van der Waals surface area (Å²) in [4.78, 5) is 32.7. The summed E-state index contributed by atoms with van der Waals surface area (Å²) in [5.41, 5.74) is 1.15. The Labute approximate surface area is 149 Å². The summed E-state index contributed by atoms with van der Waals surface area (Å²) in [6.07, 6.45) is 8.03. The largest absolute Gasteiger partial charge is 0.338 e. The van der Waals surface area contributed by atoms with Crippen LogP contribution >= 0.6 is 0 Å². The van der Waals surface area contributed by atoms with E-state index in [0.717, 1.165) is 57.4 Å². The fraction of sp³-hybridized carbons (Fsp3) is 0.632. The molecule has 1 aromatic rings. The molecule has 6 heteroatoms. The molecule has 1 atom stereocenters. The second-order valence-corrected chi connectivity index (χ2v) is 7.36. The fourth-order valence-corrected chi connectivity index (χ4v) is 4.01. The van der Waals surface area contributed by atoms with Crippen LogP contribution in [0.5, 0.6) is 0 Å². The van der Waals surface area contributed by atoms with Crippen molar-refractivity contribution < 1.29 is 9.59 Å². The molecule has 3 heterocycles. The first-order valence-corrected chi connectivity index (χ1v) is 9.31. The van der Waals surface area contributed by atoms with Crippen LogP contribution in [-0.2, 0) is 11.3 Å². The molecule has 1 N–H and O–H groups in total. The molecule has 2 aliphatic heterocycles. The van der Waals surface area contributed by atoms with E-state index in [-0.39, 0.29) is 17.4 Å². The number of likely N-dealkylation sites (tertiary alicyclic amines) is 2. The maximum absolute atomic E-state index is 12.4. The molecule has 0 saturated carbocycles. The first-order chi connectivity index (χ1) is 12.1. The summed E-state index contributed by atoms with van der Waals surface area (Å²) in [5, 5.41) is 2.98. The predicted octanol–water partition coefficient (Wildman–Crippen LogP) is 2.41. The summed E-state index contributed by atoms with van der Waals surface area (Å²) in [5.74, 6) is 0.218. The van der Waals surface area contributed by atoms with E-state index in [9.17, 15) is 9.59 Å². The molecule has 2 aliphatic rings. The molecule has 0 unspecified atom stereocenters. The molecule has 0 aromatic carbocycles. The number of rotatable bonds is 4. The number of aromatic nitrogens is 1. The second kappa shape index (κ2) is 7.85. The van der Waals surface area contributed by atoms with Crippen molar-refractivity contribution in [1.29, 1.82) is 0 Å². The molecular formula is C19H28N4O2. The van der Waals surface area contributed by atoms with Gasteiger partial charge in [0.25, 0.3) is 0 Å². The molecule has 1 aromatic heterocycles. The summed E-state index contributed by atoms with van der Waals surface area (Å²) in [6.45, 7) is 5.71. The summed E-state index contributed by atoms with van der Waals surface area (Å²) < 4.78 is 0. The monoisotopic (exact) mass is 344 g/mol. The minimum atomic E-state index is 0.0403. The second-order valence-electron chi connectivity index (χ2n) is 7.36. The first kappa shape index (κ1) is 17.7.